The van der Waals surface area contributed by atoms with Crippen molar-refractivity contribution in [3.8, 4) is 0 Å². The lowest BCUT2D eigenvalue weighted by Gasteiger charge is -2.18. The predicted octanol–water partition coefficient (Wildman–Crippen LogP) is 0.341. The first kappa shape index (κ1) is 19.7. The molecule has 0 atom stereocenters. The van der Waals surface area contributed by atoms with E-state index in [1.54, 1.807) is 20.8 Å². The van der Waals surface area contributed by atoms with Crippen molar-refractivity contribution in [1.82, 2.24) is 10.2 Å². The molecular weight excluding hydrogens is 294 g/mol. The van der Waals surface area contributed by atoms with Gasteiger partial charge in [0.2, 0.25) is 5.96 Å². The molecule has 9 heteroatoms. The van der Waals surface area contributed by atoms with Crippen molar-refractivity contribution in [2.75, 3.05) is 33.4 Å². The quantitative estimate of drug-likeness (QED) is 0.228. The van der Waals surface area contributed by atoms with E-state index in [0.29, 0.717) is 0 Å². The van der Waals surface area contributed by atoms with Crippen LogP contribution in [0, 0.1) is 11.3 Å². The van der Waals surface area contributed by atoms with Gasteiger partial charge in [0.25, 0.3) is 0 Å². The second kappa shape index (κ2) is 10.4. The van der Waals surface area contributed by atoms with Gasteiger partial charge >= 0.3 is 18.0 Å². The zero-order chi connectivity index (χ0) is 17.1. The summed E-state index contributed by atoms with van der Waals surface area (Å²) in [5.74, 6) is -1.45. The summed E-state index contributed by atoms with van der Waals surface area (Å²) in [4.78, 5) is 35.0. The van der Waals surface area contributed by atoms with Crippen LogP contribution in [0.4, 0.5) is 4.79 Å². The minimum atomic E-state index is -0.874. The third-order valence-electron chi connectivity index (χ3n) is 2.31. The zero-order valence-electron chi connectivity index (χ0n) is 13.3. The minimum Gasteiger partial charge on any atom is -0.465 e. The lowest BCUT2D eigenvalue weighted by Crippen LogP contribution is -2.44. The predicted molar refractivity (Wildman–Crippen MR) is 77.3 cm³/mol. The van der Waals surface area contributed by atoms with E-state index in [1.807, 2.05) is 0 Å². The molecule has 0 heterocycles. The SMILES string of the molecule is CCOC(=O)CN(C)C(=N)NC(=O)OCCOC(=O)C(C)C. The number of hydrogen-bond acceptors (Lipinski definition) is 7. The van der Waals surface area contributed by atoms with Gasteiger partial charge in [0.05, 0.1) is 12.5 Å². The molecule has 0 spiro atoms. The van der Waals surface area contributed by atoms with Crippen LogP contribution in [0.25, 0.3) is 0 Å². The first-order chi connectivity index (χ1) is 10.3. The van der Waals surface area contributed by atoms with E-state index in [0.717, 1.165) is 0 Å². The molecule has 0 saturated carbocycles. The summed E-state index contributed by atoms with van der Waals surface area (Å²) in [6, 6.07) is 0. The highest BCUT2D eigenvalue weighted by molar-refractivity contribution is 5.93. The minimum absolute atomic E-state index is 0.0591. The summed E-state index contributed by atoms with van der Waals surface area (Å²) in [5.41, 5.74) is 0. The summed E-state index contributed by atoms with van der Waals surface area (Å²) in [5, 5.41) is 9.71. The molecule has 0 aliphatic rings. The van der Waals surface area contributed by atoms with E-state index in [2.05, 4.69) is 5.32 Å². The second-order valence-electron chi connectivity index (χ2n) is 4.59. The number of carbonyl (C=O) groups is 3. The highest BCUT2D eigenvalue weighted by atomic mass is 16.6. The molecule has 0 aliphatic carbocycles. The van der Waals surface area contributed by atoms with Crippen molar-refractivity contribution in [2.45, 2.75) is 20.8 Å². The Kier molecular flexibility index (Phi) is 9.31. The highest BCUT2D eigenvalue weighted by Gasteiger charge is 2.14. The molecule has 0 saturated heterocycles. The van der Waals surface area contributed by atoms with E-state index >= 15 is 0 Å². The van der Waals surface area contributed by atoms with Gasteiger partial charge in [-0.2, -0.15) is 0 Å². The number of likely N-dealkylation sites (N-methyl/N-ethyl adjacent to an activating group) is 1. The number of alkyl carbamates (subject to hydrolysis) is 1. The first-order valence-electron chi connectivity index (χ1n) is 6.83. The second-order valence-corrected chi connectivity index (χ2v) is 4.59. The molecule has 2 N–H and O–H groups in total. The lowest BCUT2D eigenvalue weighted by atomic mass is 10.2. The monoisotopic (exact) mass is 317 g/mol. The van der Waals surface area contributed by atoms with Crippen LogP contribution in [0.15, 0.2) is 0 Å². The Hall–Kier alpha value is -2.32. The number of nitrogens with one attached hydrogen (secondary N) is 2. The van der Waals surface area contributed by atoms with Crippen LogP contribution in [-0.2, 0) is 23.8 Å². The van der Waals surface area contributed by atoms with Crippen LogP contribution in [-0.4, -0.2) is 62.3 Å². The molecule has 9 nitrogen and oxygen atoms in total. The summed E-state index contributed by atoms with van der Waals surface area (Å²) in [7, 11) is 1.45. The van der Waals surface area contributed by atoms with E-state index in [4.69, 9.17) is 19.6 Å². The van der Waals surface area contributed by atoms with Gasteiger partial charge < -0.3 is 19.1 Å². The fourth-order valence-electron chi connectivity index (χ4n) is 1.15. The largest absolute Gasteiger partial charge is 0.465 e. The number of hydrogen-bond donors (Lipinski definition) is 2. The van der Waals surface area contributed by atoms with Crippen molar-refractivity contribution in [2.24, 2.45) is 5.92 Å². The fraction of sp³-hybridized carbons (Fsp3) is 0.692. The van der Waals surface area contributed by atoms with Crippen molar-refractivity contribution >= 4 is 24.0 Å². The molecule has 0 aromatic heterocycles. The third kappa shape index (κ3) is 8.77. The molecule has 126 valence electrons. The third-order valence-corrected chi connectivity index (χ3v) is 2.31. The number of nitrogens with zero attached hydrogens (tertiary/aromatic N) is 1. The Morgan fingerprint density at radius 3 is 2.27 bits per heavy atom. The van der Waals surface area contributed by atoms with Crippen molar-refractivity contribution in [1.29, 1.82) is 5.41 Å². The maximum absolute atomic E-state index is 11.4. The Morgan fingerprint density at radius 1 is 1.14 bits per heavy atom. The molecule has 0 rings (SSSR count). The summed E-state index contributed by atoms with van der Waals surface area (Å²) < 4.78 is 14.3. The fourth-order valence-corrected chi connectivity index (χ4v) is 1.15. The van der Waals surface area contributed by atoms with Crippen molar-refractivity contribution < 1.29 is 28.6 Å². The van der Waals surface area contributed by atoms with Crippen molar-refractivity contribution in [3.05, 3.63) is 0 Å². The standard InChI is InChI=1S/C13H23N3O6/c1-5-20-10(17)8-16(4)12(14)15-13(19)22-7-6-21-11(18)9(2)3/h9H,5-8H2,1-4H3,(H2,14,15,19). The lowest BCUT2D eigenvalue weighted by molar-refractivity contribution is -0.148. The van der Waals surface area contributed by atoms with Gasteiger partial charge in [0.1, 0.15) is 19.8 Å². The molecular formula is C13H23N3O6. The van der Waals surface area contributed by atoms with E-state index in [-0.39, 0.29) is 44.2 Å². The Balaban J connectivity index is 3.93. The molecule has 22 heavy (non-hydrogen) atoms. The van der Waals surface area contributed by atoms with Gasteiger partial charge in [-0.05, 0) is 6.92 Å². The van der Waals surface area contributed by atoms with Crippen LogP contribution >= 0.6 is 0 Å². The molecule has 0 unspecified atom stereocenters. The van der Waals surface area contributed by atoms with Crippen LogP contribution in [0.2, 0.25) is 0 Å². The Labute approximate surface area is 129 Å². The average molecular weight is 317 g/mol. The van der Waals surface area contributed by atoms with Crippen molar-refractivity contribution in [3.63, 3.8) is 0 Å². The number of carbonyl (C=O) groups excluding carboxylic acids is 3. The van der Waals surface area contributed by atoms with Crippen LogP contribution in [0.5, 0.6) is 0 Å². The number of ether oxygens (including phenoxy) is 3. The topological polar surface area (TPSA) is 118 Å². The van der Waals surface area contributed by atoms with Crippen LogP contribution < -0.4 is 5.32 Å². The molecule has 0 aromatic carbocycles. The van der Waals surface area contributed by atoms with E-state index < -0.39 is 12.1 Å². The molecule has 0 aromatic rings. The van der Waals surface area contributed by atoms with Gasteiger partial charge in [0.15, 0.2) is 0 Å². The smallest absolute Gasteiger partial charge is 0.414 e. The maximum atomic E-state index is 11.4. The summed E-state index contributed by atoms with van der Waals surface area (Å²) >= 11 is 0. The van der Waals surface area contributed by atoms with E-state index in [1.165, 1.54) is 11.9 Å². The van der Waals surface area contributed by atoms with Crippen LogP contribution in [0.1, 0.15) is 20.8 Å². The summed E-state index contributed by atoms with van der Waals surface area (Å²) in [6.07, 6.45) is -0.874. The maximum Gasteiger partial charge on any atom is 0.414 e. The average Bonchev–Trinajstić information content (AvgIpc) is 2.43. The zero-order valence-corrected chi connectivity index (χ0v) is 13.3. The molecule has 0 radical (unpaired) electrons. The highest BCUT2D eigenvalue weighted by Crippen LogP contribution is 1.95. The first-order valence-corrected chi connectivity index (χ1v) is 6.83. The molecule has 0 bridgehead atoms. The Bertz CT molecular complexity index is 411. The number of guanidine groups is 1. The van der Waals surface area contributed by atoms with Gasteiger partial charge in [-0.1, -0.05) is 13.8 Å². The van der Waals surface area contributed by atoms with Gasteiger partial charge in [-0.3, -0.25) is 20.3 Å². The number of esters is 2. The number of amides is 1. The van der Waals surface area contributed by atoms with E-state index in [9.17, 15) is 14.4 Å². The van der Waals surface area contributed by atoms with Gasteiger partial charge in [-0.25, -0.2) is 4.79 Å². The summed E-state index contributed by atoms with van der Waals surface area (Å²) in [6.45, 7) is 4.94. The molecule has 1 amide bonds. The number of rotatable bonds is 7. The molecule has 0 aliphatic heterocycles. The molecule has 0 fully saturated rings. The normalized spacial score (nSPS) is 9.86. The van der Waals surface area contributed by atoms with Crippen LogP contribution in [0.3, 0.4) is 0 Å². The van der Waals surface area contributed by atoms with Gasteiger partial charge in [0, 0.05) is 7.05 Å². The Morgan fingerprint density at radius 2 is 1.73 bits per heavy atom. The van der Waals surface area contributed by atoms with Gasteiger partial charge in [-0.15, -0.1) is 0 Å².